The minimum absolute atomic E-state index is 0.408. The van der Waals surface area contributed by atoms with Crippen molar-refractivity contribution in [3.63, 3.8) is 0 Å². The summed E-state index contributed by atoms with van der Waals surface area (Å²) in [5.74, 6) is 0. The van der Waals surface area contributed by atoms with Crippen molar-refractivity contribution in [2.45, 2.75) is 51.8 Å². The maximum atomic E-state index is 9.78. The predicted molar refractivity (Wildman–Crippen MR) is 78.9 cm³/mol. The number of aromatic nitrogens is 1. The zero-order chi connectivity index (χ0) is 13.6. The molecule has 1 aromatic heterocycles. The Morgan fingerprint density at radius 3 is 2.89 bits per heavy atom. The molecule has 0 aromatic carbocycles. The van der Waals surface area contributed by atoms with Crippen molar-refractivity contribution in [3.8, 4) is 0 Å². The summed E-state index contributed by atoms with van der Waals surface area (Å²) in [6.45, 7) is 9.60. The number of fused-ring (bicyclic) bond motifs is 1. The minimum atomic E-state index is -0.408. The zero-order valence-corrected chi connectivity index (χ0v) is 12.8. The molecule has 106 valence electrons. The van der Waals surface area contributed by atoms with Crippen molar-refractivity contribution < 1.29 is 5.11 Å². The van der Waals surface area contributed by atoms with Gasteiger partial charge in [0.25, 0.3) is 0 Å². The van der Waals surface area contributed by atoms with Crippen molar-refractivity contribution in [2.75, 3.05) is 24.5 Å². The molecule has 4 nitrogen and oxygen atoms in total. The van der Waals surface area contributed by atoms with Crippen LogP contribution in [-0.2, 0) is 0 Å². The van der Waals surface area contributed by atoms with Gasteiger partial charge >= 0.3 is 0 Å². The van der Waals surface area contributed by atoms with Crippen LogP contribution >= 0.6 is 11.3 Å². The van der Waals surface area contributed by atoms with E-state index >= 15 is 0 Å². The highest BCUT2D eigenvalue weighted by Gasteiger charge is 2.35. The minimum Gasteiger partial charge on any atom is -0.388 e. The number of aliphatic hydroxyl groups excluding tert-OH is 1. The number of anilines is 1. The second-order valence-corrected chi connectivity index (χ2v) is 6.92. The lowest BCUT2D eigenvalue weighted by Crippen LogP contribution is -2.55. The number of hydrogen-bond donors (Lipinski definition) is 1. The smallest absolute Gasteiger partial charge is 0.186 e. The van der Waals surface area contributed by atoms with E-state index in [4.69, 9.17) is 0 Å². The fourth-order valence-electron chi connectivity index (χ4n) is 3.36. The molecule has 19 heavy (non-hydrogen) atoms. The molecule has 0 amide bonds. The summed E-state index contributed by atoms with van der Waals surface area (Å²) in [6, 6.07) is 1.22. The zero-order valence-electron chi connectivity index (χ0n) is 12.0. The van der Waals surface area contributed by atoms with E-state index in [2.05, 4.69) is 21.7 Å². The van der Waals surface area contributed by atoms with E-state index in [0.29, 0.717) is 12.1 Å². The van der Waals surface area contributed by atoms with Gasteiger partial charge in [-0.3, -0.25) is 4.90 Å². The fourth-order valence-corrected chi connectivity index (χ4v) is 4.47. The molecule has 3 rings (SSSR count). The molecule has 0 spiro atoms. The molecule has 2 aliphatic heterocycles. The second kappa shape index (κ2) is 5.04. The summed E-state index contributed by atoms with van der Waals surface area (Å²) >= 11 is 1.66. The summed E-state index contributed by atoms with van der Waals surface area (Å²) in [5, 5.41) is 10.9. The average molecular weight is 281 g/mol. The maximum absolute atomic E-state index is 9.78. The van der Waals surface area contributed by atoms with E-state index in [0.717, 1.165) is 28.8 Å². The number of piperazine rings is 1. The first-order chi connectivity index (χ1) is 9.06. The topological polar surface area (TPSA) is 39.6 Å². The van der Waals surface area contributed by atoms with Gasteiger partial charge in [0, 0.05) is 25.2 Å². The van der Waals surface area contributed by atoms with Crippen LogP contribution in [0.3, 0.4) is 0 Å². The summed E-state index contributed by atoms with van der Waals surface area (Å²) in [6.07, 6.45) is 2.24. The van der Waals surface area contributed by atoms with E-state index in [1.54, 1.807) is 11.3 Å². The Balaban J connectivity index is 1.83. The van der Waals surface area contributed by atoms with Gasteiger partial charge in [0.2, 0.25) is 0 Å². The first kappa shape index (κ1) is 13.3. The van der Waals surface area contributed by atoms with Crippen molar-refractivity contribution >= 4 is 16.5 Å². The van der Waals surface area contributed by atoms with Gasteiger partial charge < -0.3 is 10.0 Å². The highest BCUT2D eigenvalue weighted by atomic mass is 32.1. The summed E-state index contributed by atoms with van der Waals surface area (Å²) in [5.41, 5.74) is 0.982. The summed E-state index contributed by atoms with van der Waals surface area (Å²) < 4.78 is 0. The van der Waals surface area contributed by atoms with Gasteiger partial charge in [-0.15, -0.1) is 0 Å². The molecule has 0 bridgehead atoms. The van der Waals surface area contributed by atoms with Crippen LogP contribution in [0.4, 0.5) is 5.13 Å². The Kier molecular flexibility index (Phi) is 3.53. The first-order valence-corrected chi connectivity index (χ1v) is 8.04. The molecule has 2 fully saturated rings. The molecule has 1 aromatic rings. The van der Waals surface area contributed by atoms with Crippen molar-refractivity contribution in [2.24, 2.45) is 0 Å². The number of aliphatic hydroxyl groups is 1. The highest BCUT2D eigenvalue weighted by molar-refractivity contribution is 7.15. The summed E-state index contributed by atoms with van der Waals surface area (Å²) in [4.78, 5) is 10.8. The number of hydrogen-bond acceptors (Lipinski definition) is 5. The molecule has 3 heterocycles. The van der Waals surface area contributed by atoms with Crippen LogP contribution in [0.5, 0.6) is 0 Å². The van der Waals surface area contributed by atoms with Crippen LogP contribution in [0.1, 0.15) is 43.4 Å². The number of nitrogens with zero attached hydrogens (tertiary/aromatic N) is 3. The molecule has 2 aliphatic rings. The van der Waals surface area contributed by atoms with Gasteiger partial charge in [0.1, 0.15) is 0 Å². The first-order valence-electron chi connectivity index (χ1n) is 7.22. The van der Waals surface area contributed by atoms with E-state index in [1.807, 2.05) is 13.8 Å². The largest absolute Gasteiger partial charge is 0.388 e. The van der Waals surface area contributed by atoms with Crippen LogP contribution in [0.15, 0.2) is 0 Å². The number of rotatable bonds is 2. The van der Waals surface area contributed by atoms with Crippen LogP contribution in [0.2, 0.25) is 0 Å². The summed E-state index contributed by atoms with van der Waals surface area (Å²) in [7, 11) is 0. The van der Waals surface area contributed by atoms with E-state index in [-0.39, 0.29) is 0 Å². The fraction of sp³-hybridized carbons (Fsp3) is 0.786. The van der Waals surface area contributed by atoms with Crippen LogP contribution < -0.4 is 4.90 Å². The monoisotopic (exact) mass is 281 g/mol. The normalized spacial score (nSPS) is 29.6. The van der Waals surface area contributed by atoms with E-state index in [9.17, 15) is 5.11 Å². The van der Waals surface area contributed by atoms with Gasteiger partial charge in [-0.05, 0) is 40.2 Å². The van der Waals surface area contributed by atoms with Gasteiger partial charge in [-0.25, -0.2) is 4.98 Å². The van der Waals surface area contributed by atoms with Crippen molar-refractivity contribution in [3.05, 3.63) is 10.6 Å². The highest BCUT2D eigenvalue weighted by Crippen LogP contribution is 2.34. The lowest BCUT2D eigenvalue weighted by Gasteiger charge is -2.42. The predicted octanol–water partition coefficient (Wildman–Crippen LogP) is 2.18. The Hall–Kier alpha value is -0.650. The van der Waals surface area contributed by atoms with Gasteiger partial charge in [0.05, 0.1) is 16.7 Å². The molecule has 3 atom stereocenters. The lowest BCUT2D eigenvalue weighted by atomic mass is 10.1. The number of thiazole rings is 1. The Morgan fingerprint density at radius 1 is 1.42 bits per heavy atom. The number of aryl methyl sites for hydroxylation is 1. The maximum Gasteiger partial charge on any atom is 0.186 e. The van der Waals surface area contributed by atoms with Crippen LogP contribution in [0.25, 0.3) is 0 Å². The molecule has 2 saturated heterocycles. The Morgan fingerprint density at radius 2 is 2.21 bits per heavy atom. The molecular formula is C14H23N3OS. The van der Waals surface area contributed by atoms with Crippen molar-refractivity contribution in [1.29, 1.82) is 0 Å². The molecule has 3 unspecified atom stereocenters. The average Bonchev–Trinajstić information content (AvgIpc) is 2.93. The van der Waals surface area contributed by atoms with Crippen molar-refractivity contribution in [1.82, 2.24) is 9.88 Å². The SMILES string of the molecule is Cc1nc(N2CC3CCCN3CC2C)sc1C(C)O. The molecule has 5 heteroatoms. The third-order valence-corrected chi connectivity index (χ3v) is 5.75. The molecular weight excluding hydrogens is 258 g/mol. The molecule has 1 N–H and O–H groups in total. The third-order valence-electron chi connectivity index (χ3n) is 4.38. The molecule has 0 radical (unpaired) electrons. The van der Waals surface area contributed by atoms with Gasteiger partial charge in [-0.2, -0.15) is 0 Å². The van der Waals surface area contributed by atoms with Gasteiger partial charge in [0.15, 0.2) is 5.13 Å². The van der Waals surface area contributed by atoms with Gasteiger partial charge in [-0.1, -0.05) is 11.3 Å². The van der Waals surface area contributed by atoms with Crippen LogP contribution in [-0.4, -0.2) is 46.7 Å². The second-order valence-electron chi connectivity index (χ2n) is 5.91. The third kappa shape index (κ3) is 2.39. The molecule has 0 aliphatic carbocycles. The lowest BCUT2D eigenvalue weighted by molar-refractivity contribution is 0.202. The standard InChI is InChI=1S/C14H23N3OS/c1-9-7-16-6-4-5-12(16)8-17(9)14-15-10(2)13(19-14)11(3)18/h9,11-12,18H,4-8H2,1-3H3. The molecule has 0 saturated carbocycles. The Labute approximate surface area is 119 Å². The van der Waals surface area contributed by atoms with Crippen LogP contribution in [0, 0.1) is 6.92 Å². The van der Waals surface area contributed by atoms with E-state index in [1.165, 1.54) is 19.4 Å². The quantitative estimate of drug-likeness (QED) is 0.902. The van der Waals surface area contributed by atoms with E-state index < -0.39 is 6.10 Å². The Bertz CT molecular complexity index is 460.